The highest BCUT2D eigenvalue weighted by Crippen LogP contribution is 2.40. The van der Waals surface area contributed by atoms with E-state index in [9.17, 15) is 20.2 Å². The van der Waals surface area contributed by atoms with E-state index in [0.717, 1.165) is 6.07 Å². The third-order valence-corrected chi connectivity index (χ3v) is 5.72. The molecule has 2 N–H and O–H groups in total. The topological polar surface area (TPSA) is 140 Å². The average molecular weight is 424 g/mol. The number of rotatable bonds is 8. The maximum absolute atomic E-state index is 11.7. The summed E-state index contributed by atoms with van der Waals surface area (Å²) < 4.78 is 0. The van der Waals surface area contributed by atoms with E-state index in [4.69, 9.17) is 10.2 Å². The second-order valence-corrected chi connectivity index (χ2v) is 7.45. The number of hydrogen-bond donors (Lipinski definition) is 2. The monoisotopic (exact) mass is 424 g/mol. The van der Waals surface area contributed by atoms with Crippen molar-refractivity contribution in [3.05, 3.63) is 32.4 Å². The van der Waals surface area contributed by atoms with Crippen LogP contribution in [0.15, 0.2) is 12.1 Å². The maximum Gasteiger partial charge on any atom is 0.299 e. The van der Waals surface area contributed by atoms with Gasteiger partial charge >= 0.3 is 0 Å². The Balaban J connectivity index is 1.90. The third-order valence-electron chi connectivity index (χ3n) is 5.72. The van der Waals surface area contributed by atoms with Crippen molar-refractivity contribution in [2.24, 2.45) is 0 Å². The molecule has 2 saturated heterocycles. The first-order valence-electron chi connectivity index (χ1n) is 10.1. The summed E-state index contributed by atoms with van der Waals surface area (Å²) in [5, 5.41) is 41.6. The summed E-state index contributed by atoms with van der Waals surface area (Å²) in [6.07, 6.45) is 0. The molecule has 0 aromatic heterocycles. The van der Waals surface area contributed by atoms with Gasteiger partial charge in [0.15, 0.2) is 0 Å². The van der Waals surface area contributed by atoms with Crippen molar-refractivity contribution in [3.8, 4) is 0 Å². The van der Waals surface area contributed by atoms with E-state index in [1.807, 2.05) is 9.80 Å². The Labute approximate surface area is 174 Å². The van der Waals surface area contributed by atoms with E-state index in [1.54, 1.807) is 6.07 Å². The van der Waals surface area contributed by atoms with Crippen LogP contribution in [-0.2, 0) is 0 Å². The fraction of sp³-hybridized carbons (Fsp3) is 0.667. The van der Waals surface area contributed by atoms with Gasteiger partial charge in [0.25, 0.3) is 11.4 Å². The molecular weight excluding hydrogens is 396 g/mol. The van der Waals surface area contributed by atoms with Gasteiger partial charge in [0.05, 0.1) is 29.1 Å². The van der Waals surface area contributed by atoms with E-state index in [2.05, 4.69) is 9.80 Å². The molecular formula is C18H28N6O6. The lowest BCUT2D eigenvalue weighted by Crippen LogP contribution is -2.48. The van der Waals surface area contributed by atoms with E-state index in [-0.39, 0.29) is 24.6 Å². The number of piperazine rings is 2. The standard InChI is InChI=1S/C18H28N6O6/c25-11-9-19-1-5-21(6-2-19)15-13-16(18(24(29)30)14-17(15)23(27)28)22-7-3-20(4-8-22)10-12-26/h13-14,25-26H,1-12H2. The van der Waals surface area contributed by atoms with Gasteiger partial charge in [0.2, 0.25) is 0 Å². The van der Waals surface area contributed by atoms with Crippen molar-refractivity contribution in [1.82, 2.24) is 9.80 Å². The Kier molecular flexibility index (Phi) is 7.37. The largest absolute Gasteiger partial charge is 0.395 e. The lowest BCUT2D eigenvalue weighted by atomic mass is 10.1. The van der Waals surface area contributed by atoms with Gasteiger partial charge in [-0.3, -0.25) is 30.0 Å². The summed E-state index contributed by atoms with van der Waals surface area (Å²) in [5.41, 5.74) is 0.254. The average Bonchev–Trinajstić information content (AvgIpc) is 2.74. The van der Waals surface area contributed by atoms with Gasteiger partial charge in [-0.1, -0.05) is 0 Å². The van der Waals surface area contributed by atoms with E-state index >= 15 is 0 Å². The zero-order valence-corrected chi connectivity index (χ0v) is 16.9. The Morgan fingerprint density at radius 1 is 0.700 bits per heavy atom. The zero-order chi connectivity index (χ0) is 21.7. The number of nitro benzene ring substituents is 2. The third kappa shape index (κ3) is 4.95. The normalized spacial score (nSPS) is 18.6. The zero-order valence-electron chi connectivity index (χ0n) is 16.9. The first kappa shape index (κ1) is 22.2. The molecule has 0 spiro atoms. The maximum atomic E-state index is 11.7. The minimum atomic E-state index is -0.564. The van der Waals surface area contributed by atoms with Crippen LogP contribution in [0.25, 0.3) is 0 Å². The van der Waals surface area contributed by atoms with Gasteiger partial charge in [0, 0.05) is 65.4 Å². The second-order valence-electron chi connectivity index (χ2n) is 7.45. The molecule has 1 aromatic rings. The van der Waals surface area contributed by atoms with Crippen LogP contribution in [0.5, 0.6) is 0 Å². The molecule has 2 fully saturated rings. The summed E-state index contributed by atoms with van der Waals surface area (Å²) in [6.45, 7) is 6.03. The SMILES string of the molecule is O=[N+]([O-])c1cc([N+](=O)[O-])c(N2CCN(CCO)CC2)cc1N1CCN(CCO)CC1. The minimum Gasteiger partial charge on any atom is -0.395 e. The smallest absolute Gasteiger partial charge is 0.299 e. The van der Waals surface area contributed by atoms with Gasteiger partial charge in [-0.15, -0.1) is 0 Å². The highest BCUT2D eigenvalue weighted by atomic mass is 16.6. The molecule has 0 radical (unpaired) electrons. The fourth-order valence-electron chi connectivity index (χ4n) is 4.06. The van der Waals surface area contributed by atoms with Crippen LogP contribution in [0.2, 0.25) is 0 Å². The molecule has 0 unspecified atom stereocenters. The van der Waals surface area contributed by atoms with Crippen molar-refractivity contribution in [1.29, 1.82) is 0 Å². The number of benzene rings is 1. The summed E-state index contributed by atoms with van der Waals surface area (Å²) in [6, 6.07) is 2.66. The van der Waals surface area contributed by atoms with Crippen LogP contribution >= 0.6 is 0 Å². The van der Waals surface area contributed by atoms with Crippen LogP contribution in [-0.4, -0.2) is 109 Å². The molecule has 166 valence electrons. The minimum absolute atomic E-state index is 0.0596. The number of nitro groups is 2. The molecule has 0 saturated carbocycles. The molecule has 12 nitrogen and oxygen atoms in total. The Morgan fingerprint density at radius 2 is 1.07 bits per heavy atom. The van der Waals surface area contributed by atoms with Gasteiger partial charge in [-0.25, -0.2) is 0 Å². The van der Waals surface area contributed by atoms with Crippen molar-refractivity contribution >= 4 is 22.7 Å². The number of anilines is 2. The molecule has 2 heterocycles. The summed E-state index contributed by atoms with van der Waals surface area (Å²) in [7, 11) is 0. The second kappa shape index (κ2) is 9.98. The molecule has 3 rings (SSSR count). The van der Waals surface area contributed by atoms with Gasteiger partial charge < -0.3 is 20.0 Å². The van der Waals surface area contributed by atoms with Gasteiger partial charge in [-0.05, 0) is 6.07 Å². The number of β-amino-alcohol motifs (C(OH)–C–C–N with tert-alkyl or cyclic N) is 2. The highest BCUT2D eigenvalue weighted by molar-refractivity contribution is 5.78. The summed E-state index contributed by atoms with van der Waals surface area (Å²) in [5.74, 6) is 0. The quantitative estimate of drug-likeness (QED) is 0.423. The lowest BCUT2D eigenvalue weighted by Gasteiger charge is -2.37. The van der Waals surface area contributed by atoms with Crippen LogP contribution in [0.1, 0.15) is 0 Å². The highest BCUT2D eigenvalue weighted by Gasteiger charge is 2.32. The number of nitrogens with zero attached hydrogens (tertiary/aromatic N) is 6. The summed E-state index contributed by atoms with van der Waals surface area (Å²) >= 11 is 0. The molecule has 0 bridgehead atoms. The van der Waals surface area contributed by atoms with Crippen LogP contribution in [0.3, 0.4) is 0 Å². The van der Waals surface area contributed by atoms with E-state index in [1.165, 1.54) is 0 Å². The molecule has 0 amide bonds. The molecule has 0 aliphatic carbocycles. The van der Waals surface area contributed by atoms with Gasteiger partial charge in [-0.2, -0.15) is 0 Å². The van der Waals surface area contributed by atoms with Crippen molar-refractivity contribution in [2.75, 3.05) is 88.5 Å². The summed E-state index contributed by atoms with van der Waals surface area (Å²) in [4.78, 5) is 30.2. The van der Waals surface area contributed by atoms with E-state index < -0.39 is 9.85 Å². The van der Waals surface area contributed by atoms with Crippen molar-refractivity contribution in [3.63, 3.8) is 0 Å². The number of aliphatic hydroxyl groups is 2. The fourth-order valence-corrected chi connectivity index (χ4v) is 4.06. The van der Waals surface area contributed by atoms with Gasteiger partial charge in [0.1, 0.15) is 11.4 Å². The van der Waals surface area contributed by atoms with Crippen LogP contribution in [0.4, 0.5) is 22.7 Å². The molecule has 12 heteroatoms. The first-order chi connectivity index (χ1) is 14.4. The predicted molar refractivity (Wildman–Crippen MR) is 111 cm³/mol. The Morgan fingerprint density at radius 3 is 1.37 bits per heavy atom. The number of aliphatic hydroxyl groups excluding tert-OH is 2. The lowest BCUT2D eigenvalue weighted by molar-refractivity contribution is -0.393. The number of hydrogen-bond acceptors (Lipinski definition) is 10. The molecule has 30 heavy (non-hydrogen) atoms. The Hall–Kier alpha value is -2.54. The van der Waals surface area contributed by atoms with Crippen molar-refractivity contribution in [2.45, 2.75) is 0 Å². The molecule has 2 aliphatic rings. The van der Waals surface area contributed by atoms with Crippen LogP contribution < -0.4 is 9.80 Å². The van der Waals surface area contributed by atoms with Crippen LogP contribution in [0, 0.1) is 20.2 Å². The molecule has 0 atom stereocenters. The first-order valence-corrected chi connectivity index (χ1v) is 10.1. The van der Waals surface area contributed by atoms with Crippen molar-refractivity contribution < 1.29 is 20.1 Å². The van der Waals surface area contributed by atoms with E-state index in [0.29, 0.717) is 76.8 Å². The predicted octanol–water partition coefficient (Wildman–Crippen LogP) is -0.268. The molecule has 2 aliphatic heterocycles. The Bertz CT molecular complexity index is 703. The molecule has 1 aromatic carbocycles.